The number of carbonyl (C=O) groups is 2. The third-order valence-electron chi connectivity index (χ3n) is 4.43. The molecule has 0 spiro atoms. The highest BCUT2D eigenvalue weighted by molar-refractivity contribution is 5.89. The Morgan fingerprint density at radius 1 is 1.00 bits per heavy atom. The molecule has 0 atom stereocenters. The monoisotopic (exact) mass is 354 g/mol. The molecule has 2 amide bonds. The molecule has 2 heterocycles. The van der Waals surface area contributed by atoms with Crippen LogP contribution in [-0.2, 0) is 11.2 Å². The van der Waals surface area contributed by atoms with Crippen molar-refractivity contribution in [3.05, 3.63) is 54.4 Å². The summed E-state index contributed by atoms with van der Waals surface area (Å²) in [4.78, 5) is 31.1. The molecule has 7 nitrogen and oxygen atoms in total. The molecule has 1 aromatic heterocycles. The molecule has 26 heavy (non-hydrogen) atoms. The van der Waals surface area contributed by atoms with Crippen LogP contribution >= 0.6 is 0 Å². The van der Waals surface area contributed by atoms with E-state index >= 15 is 0 Å². The first-order chi connectivity index (χ1) is 12.6. The number of anilines is 2. The van der Waals surface area contributed by atoms with Gasteiger partial charge in [-0.25, -0.2) is 4.79 Å². The highest BCUT2D eigenvalue weighted by atomic mass is 16.4. The Kier molecular flexibility index (Phi) is 5.68. The molecule has 0 unspecified atom stereocenters. The molecule has 3 rings (SSSR count). The maximum absolute atomic E-state index is 12.4. The predicted octanol–water partition coefficient (Wildman–Crippen LogP) is 2.45. The minimum atomic E-state index is -0.812. The number of aliphatic carboxylic acids is 1. The molecule has 0 aliphatic carbocycles. The number of piperazine rings is 1. The topological polar surface area (TPSA) is 85.8 Å². The van der Waals surface area contributed by atoms with Gasteiger partial charge in [0.05, 0.1) is 0 Å². The van der Waals surface area contributed by atoms with Gasteiger partial charge in [-0.1, -0.05) is 12.1 Å². The van der Waals surface area contributed by atoms with E-state index in [0.717, 1.165) is 24.3 Å². The van der Waals surface area contributed by atoms with Gasteiger partial charge < -0.3 is 20.2 Å². The quantitative estimate of drug-likeness (QED) is 0.861. The number of benzene rings is 1. The van der Waals surface area contributed by atoms with E-state index in [2.05, 4.69) is 15.2 Å². The maximum Gasteiger partial charge on any atom is 0.321 e. The van der Waals surface area contributed by atoms with Crippen molar-refractivity contribution in [2.45, 2.75) is 12.8 Å². The van der Waals surface area contributed by atoms with Gasteiger partial charge in [-0.05, 0) is 36.2 Å². The number of carbonyl (C=O) groups excluding carboxylic acids is 1. The zero-order valence-electron chi connectivity index (χ0n) is 14.5. The number of carboxylic acid groups (broad SMARTS) is 1. The van der Waals surface area contributed by atoms with Crippen molar-refractivity contribution in [2.24, 2.45) is 0 Å². The first kappa shape index (κ1) is 17.7. The maximum atomic E-state index is 12.4. The number of aromatic nitrogens is 1. The number of urea groups is 1. The zero-order chi connectivity index (χ0) is 18.4. The van der Waals surface area contributed by atoms with E-state index in [1.807, 2.05) is 36.4 Å². The molecule has 0 bridgehead atoms. The average Bonchev–Trinajstić information content (AvgIpc) is 2.68. The van der Waals surface area contributed by atoms with Crippen LogP contribution in [-0.4, -0.2) is 53.2 Å². The largest absolute Gasteiger partial charge is 0.481 e. The molecule has 2 aromatic rings. The summed E-state index contributed by atoms with van der Waals surface area (Å²) >= 11 is 0. The number of rotatable bonds is 5. The first-order valence-electron chi connectivity index (χ1n) is 8.63. The lowest BCUT2D eigenvalue weighted by Crippen LogP contribution is -2.50. The van der Waals surface area contributed by atoms with Crippen molar-refractivity contribution < 1.29 is 14.7 Å². The number of hydrogen-bond acceptors (Lipinski definition) is 4. The Balaban J connectivity index is 1.49. The molecular formula is C19H22N4O3. The summed E-state index contributed by atoms with van der Waals surface area (Å²) in [6, 6.07) is 11.1. The van der Waals surface area contributed by atoms with Crippen molar-refractivity contribution in [1.29, 1.82) is 0 Å². The number of nitrogens with one attached hydrogen (secondary N) is 1. The molecule has 1 fully saturated rings. The molecule has 1 aromatic carbocycles. The second-order valence-electron chi connectivity index (χ2n) is 6.20. The van der Waals surface area contributed by atoms with Crippen molar-refractivity contribution in [3.8, 4) is 0 Å². The fraction of sp³-hybridized carbons (Fsp3) is 0.316. The van der Waals surface area contributed by atoms with Crippen LogP contribution in [0.1, 0.15) is 12.0 Å². The van der Waals surface area contributed by atoms with Gasteiger partial charge in [0, 0.05) is 56.4 Å². The second-order valence-corrected chi connectivity index (χ2v) is 6.20. The van der Waals surface area contributed by atoms with E-state index < -0.39 is 5.97 Å². The summed E-state index contributed by atoms with van der Waals surface area (Å²) in [7, 11) is 0. The summed E-state index contributed by atoms with van der Waals surface area (Å²) in [5, 5.41) is 11.6. The Labute approximate surface area is 152 Å². The van der Waals surface area contributed by atoms with E-state index in [1.54, 1.807) is 17.3 Å². The Morgan fingerprint density at radius 3 is 2.27 bits per heavy atom. The van der Waals surface area contributed by atoms with E-state index in [9.17, 15) is 9.59 Å². The second kappa shape index (κ2) is 8.33. The lowest BCUT2D eigenvalue weighted by atomic mass is 10.1. The van der Waals surface area contributed by atoms with E-state index in [1.165, 1.54) is 0 Å². The molecule has 1 aliphatic rings. The Morgan fingerprint density at radius 2 is 1.65 bits per heavy atom. The van der Waals surface area contributed by atoms with Crippen LogP contribution in [0.3, 0.4) is 0 Å². The van der Waals surface area contributed by atoms with E-state index in [-0.39, 0.29) is 12.5 Å². The fourth-order valence-electron chi connectivity index (χ4n) is 2.93. The third-order valence-corrected chi connectivity index (χ3v) is 4.43. The smallest absolute Gasteiger partial charge is 0.321 e. The number of hydrogen-bond donors (Lipinski definition) is 2. The van der Waals surface area contributed by atoms with Crippen LogP contribution < -0.4 is 10.2 Å². The van der Waals surface area contributed by atoms with Gasteiger partial charge in [-0.2, -0.15) is 0 Å². The first-order valence-corrected chi connectivity index (χ1v) is 8.63. The van der Waals surface area contributed by atoms with Crippen LogP contribution in [0, 0.1) is 0 Å². The van der Waals surface area contributed by atoms with Crippen molar-refractivity contribution in [2.75, 3.05) is 36.4 Å². The van der Waals surface area contributed by atoms with Crippen molar-refractivity contribution >= 4 is 23.4 Å². The summed E-state index contributed by atoms with van der Waals surface area (Å²) in [6.07, 6.45) is 4.14. The van der Waals surface area contributed by atoms with Gasteiger partial charge >= 0.3 is 12.0 Å². The normalized spacial score (nSPS) is 14.2. The minimum Gasteiger partial charge on any atom is -0.481 e. The minimum absolute atomic E-state index is 0.105. The van der Waals surface area contributed by atoms with Gasteiger partial charge in [-0.15, -0.1) is 0 Å². The molecule has 1 aliphatic heterocycles. The van der Waals surface area contributed by atoms with E-state index in [0.29, 0.717) is 25.2 Å². The van der Waals surface area contributed by atoms with Crippen LogP contribution in [0.4, 0.5) is 16.2 Å². The number of amides is 2. The number of nitrogens with zero attached hydrogens (tertiary/aromatic N) is 3. The predicted molar refractivity (Wildman–Crippen MR) is 99.4 cm³/mol. The van der Waals surface area contributed by atoms with Gasteiger partial charge in [0.15, 0.2) is 0 Å². The number of aryl methyl sites for hydroxylation is 1. The molecule has 0 saturated carbocycles. The van der Waals surface area contributed by atoms with Crippen LogP contribution in [0.25, 0.3) is 0 Å². The molecule has 136 valence electrons. The number of carboxylic acids is 1. The van der Waals surface area contributed by atoms with Gasteiger partial charge in [0.2, 0.25) is 0 Å². The van der Waals surface area contributed by atoms with Crippen LogP contribution in [0.15, 0.2) is 48.8 Å². The van der Waals surface area contributed by atoms with Gasteiger partial charge in [0.1, 0.15) is 0 Å². The summed E-state index contributed by atoms with van der Waals surface area (Å²) < 4.78 is 0. The molecule has 7 heteroatoms. The SMILES string of the molecule is O=C(O)CCc1ccc(NC(=O)N2CCN(c3ccncc3)CC2)cc1. The average molecular weight is 354 g/mol. The summed E-state index contributed by atoms with van der Waals surface area (Å²) in [6.45, 7) is 2.88. The third kappa shape index (κ3) is 4.72. The van der Waals surface area contributed by atoms with Gasteiger partial charge in [0.25, 0.3) is 0 Å². The van der Waals surface area contributed by atoms with Crippen LogP contribution in [0.5, 0.6) is 0 Å². The highest BCUT2D eigenvalue weighted by Crippen LogP contribution is 2.16. The molecule has 1 saturated heterocycles. The Bertz CT molecular complexity index is 741. The standard InChI is InChI=1S/C19H22N4O3/c24-18(25)6-3-15-1-4-16(5-2-15)21-19(26)23-13-11-22(12-14-23)17-7-9-20-10-8-17/h1-2,4-5,7-10H,3,6,11-14H2,(H,21,26)(H,24,25). The molecule has 2 N–H and O–H groups in total. The van der Waals surface area contributed by atoms with Gasteiger partial charge in [-0.3, -0.25) is 9.78 Å². The molecule has 0 radical (unpaired) electrons. The number of pyridine rings is 1. The van der Waals surface area contributed by atoms with Crippen molar-refractivity contribution in [3.63, 3.8) is 0 Å². The molecular weight excluding hydrogens is 332 g/mol. The fourth-order valence-corrected chi connectivity index (χ4v) is 2.93. The lowest BCUT2D eigenvalue weighted by molar-refractivity contribution is -0.136. The van der Waals surface area contributed by atoms with Crippen molar-refractivity contribution in [1.82, 2.24) is 9.88 Å². The Hall–Kier alpha value is -3.09. The highest BCUT2D eigenvalue weighted by Gasteiger charge is 2.21. The lowest BCUT2D eigenvalue weighted by Gasteiger charge is -2.36. The summed E-state index contributed by atoms with van der Waals surface area (Å²) in [5.74, 6) is -0.812. The van der Waals surface area contributed by atoms with E-state index in [4.69, 9.17) is 5.11 Å². The zero-order valence-corrected chi connectivity index (χ0v) is 14.5. The summed E-state index contributed by atoms with van der Waals surface area (Å²) in [5.41, 5.74) is 2.78. The van der Waals surface area contributed by atoms with Crippen LogP contribution in [0.2, 0.25) is 0 Å².